The van der Waals surface area contributed by atoms with Gasteiger partial charge in [-0.1, -0.05) is 17.9 Å². The number of fused-ring (bicyclic) bond motifs is 1. The van der Waals surface area contributed by atoms with Crippen LogP contribution >= 0.6 is 0 Å². The summed E-state index contributed by atoms with van der Waals surface area (Å²) in [7, 11) is 0. The lowest BCUT2D eigenvalue weighted by Gasteiger charge is -2.16. The molecule has 1 amide bonds. The maximum atomic E-state index is 12.7. The highest BCUT2D eigenvalue weighted by atomic mass is 19.4. The highest BCUT2D eigenvalue weighted by Gasteiger charge is 2.30. The molecule has 0 fully saturated rings. The lowest BCUT2D eigenvalue weighted by Crippen LogP contribution is -2.31. The molecule has 1 aliphatic rings. The zero-order valence-electron chi connectivity index (χ0n) is 12.0. The highest BCUT2D eigenvalue weighted by Crippen LogP contribution is 2.29. The highest BCUT2D eigenvalue weighted by molar-refractivity contribution is 5.96. The van der Waals surface area contributed by atoms with Crippen LogP contribution in [0.1, 0.15) is 32.6 Å². The maximum Gasteiger partial charge on any atom is 0.416 e. The van der Waals surface area contributed by atoms with E-state index in [0.717, 1.165) is 24.1 Å². The van der Waals surface area contributed by atoms with Crippen molar-refractivity contribution in [3.63, 3.8) is 0 Å². The molecule has 1 N–H and O–H groups in total. The summed E-state index contributed by atoms with van der Waals surface area (Å²) in [6.45, 7) is 0.580. The Labute approximate surface area is 131 Å². The number of halogens is 3. The molecule has 0 atom stereocenters. The van der Waals surface area contributed by atoms with Crippen molar-refractivity contribution in [2.75, 3.05) is 6.54 Å². The fourth-order valence-corrected chi connectivity index (χ4v) is 2.42. The maximum absolute atomic E-state index is 12.7. The van der Waals surface area contributed by atoms with Gasteiger partial charge in [0.2, 0.25) is 0 Å². The minimum atomic E-state index is -4.38. The Kier molecular flexibility index (Phi) is 3.83. The van der Waals surface area contributed by atoms with Gasteiger partial charge in [-0.3, -0.25) is 4.79 Å². The quantitative estimate of drug-likeness (QED) is 0.742. The van der Waals surface area contributed by atoms with E-state index in [4.69, 9.17) is 0 Å². The van der Waals surface area contributed by atoms with Gasteiger partial charge >= 0.3 is 6.18 Å². The SMILES string of the molecule is O=C1NCCc2cc(C#Cc3cccc(C(F)(F)F)c3)ccc21. The third kappa shape index (κ3) is 3.37. The predicted octanol–water partition coefficient (Wildman–Crippen LogP) is 3.39. The fraction of sp³-hybridized carbons (Fsp3) is 0.167. The summed E-state index contributed by atoms with van der Waals surface area (Å²) in [4.78, 5) is 11.7. The summed E-state index contributed by atoms with van der Waals surface area (Å²) in [5.41, 5.74) is 1.79. The molecule has 0 saturated heterocycles. The van der Waals surface area contributed by atoms with Crippen LogP contribution in [-0.4, -0.2) is 12.5 Å². The van der Waals surface area contributed by atoms with Gasteiger partial charge in [-0.2, -0.15) is 13.2 Å². The molecule has 0 spiro atoms. The Morgan fingerprint density at radius 1 is 1.00 bits per heavy atom. The third-order valence-electron chi connectivity index (χ3n) is 3.57. The van der Waals surface area contributed by atoms with Crippen LogP contribution in [0.15, 0.2) is 42.5 Å². The fourth-order valence-electron chi connectivity index (χ4n) is 2.42. The number of hydrogen-bond acceptors (Lipinski definition) is 1. The first-order valence-corrected chi connectivity index (χ1v) is 7.04. The van der Waals surface area contributed by atoms with Crippen LogP contribution in [-0.2, 0) is 12.6 Å². The van der Waals surface area contributed by atoms with Crippen molar-refractivity contribution in [2.24, 2.45) is 0 Å². The van der Waals surface area contributed by atoms with Gasteiger partial charge in [0.05, 0.1) is 5.56 Å². The predicted molar refractivity (Wildman–Crippen MR) is 79.9 cm³/mol. The molecule has 0 aliphatic carbocycles. The first-order valence-electron chi connectivity index (χ1n) is 7.04. The first kappa shape index (κ1) is 15.2. The van der Waals surface area contributed by atoms with Crippen LogP contribution in [0.5, 0.6) is 0 Å². The molecule has 2 nitrogen and oxygen atoms in total. The molecular formula is C18H12F3NO. The third-order valence-corrected chi connectivity index (χ3v) is 3.57. The molecule has 1 aliphatic heterocycles. The normalized spacial score (nSPS) is 13.6. The monoisotopic (exact) mass is 315 g/mol. The Balaban J connectivity index is 1.89. The van der Waals surface area contributed by atoms with Gasteiger partial charge in [0.15, 0.2) is 0 Å². The van der Waals surface area contributed by atoms with Gasteiger partial charge in [0.1, 0.15) is 0 Å². The van der Waals surface area contributed by atoms with E-state index >= 15 is 0 Å². The van der Waals surface area contributed by atoms with Crippen LogP contribution in [0.25, 0.3) is 0 Å². The number of rotatable bonds is 0. The summed E-state index contributed by atoms with van der Waals surface area (Å²) in [6, 6.07) is 10.1. The van der Waals surface area contributed by atoms with Crippen LogP contribution in [0.4, 0.5) is 13.2 Å². The van der Waals surface area contributed by atoms with E-state index in [0.29, 0.717) is 23.2 Å². The molecule has 0 unspecified atom stereocenters. The van der Waals surface area contributed by atoms with E-state index in [2.05, 4.69) is 17.2 Å². The molecule has 2 aromatic carbocycles. The van der Waals surface area contributed by atoms with Crippen molar-refractivity contribution in [3.8, 4) is 11.8 Å². The van der Waals surface area contributed by atoms with E-state index in [9.17, 15) is 18.0 Å². The Morgan fingerprint density at radius 2 is 1.74 bits per heavy atom. The van der Waals surface area contributed by atoms with Crippen molar-refractivity contribution in [2.45, 2.75) is 12.6 Å². The lowest BCUT2D eigenvalue weighted by molar-refractivity contribution is -0.137. The second-order valence-electron chi connectivity index (χ2n) is 5.21. The van der Waals surface area contributed by atoms with Crippen LogP contribution in [0, 0.1) is 11.8 Å². The van der Waals surface area contributed by atoms with Gasteiger partial charge in [0.25, 0.3) is 5.91 Å². The summed E-state index contributed by atoms with van der Waals surface area (Å²) in [6.07, 6.45) is -3.66. The molecule has 0 aromatic heterocycles. The second-order valence-corrected chi connectivity index (χ2v) is 5.21. The number of carbonyl (C=O) groups excluding carboxylic acids is 1. The molecule has 0 bridgehead atoms. The van der Waals surface area contributed by atoms with Gasteiger partial charge in [-0.15, -0.1) is 0 Å². The number of alkyl halides is 3. The molecule has 5 heteroatoms. The standard InChI is InChI=1S/C18H12F3NO/c19-18(20,21)15-3-1-2-12(11-15)4-5-13-6-7-16-14(10-13)8-9-22-17(16)23/h1-3,6-7,10-11H,8-9H2,(H,22,23). The summed E-state index contributed by atoms with van der Waals surface area (Å²) >= 11 is 0. The second kappa shape index (κ2) is 5.81. The molecule has 3 rings (SSSR count). The molecule has 0 saturated carbocycles. The first-order chi connectivity index (χ1) is 10.9. The van der Waals surface area contributed by atoms with Crippen molar-refractivity contribution in [1.29, 1.82) is 0 Å². The van der Waals surface area contributed by atoms with Crippen molar-refractivity contribution >= 4 is 5.91 Å². The van der Waals surface area contributed by atoms with Crippen LogP contribution in [0.2, 0.25) is 0 Å². The smallest absolute Gasteiger partial charge is 0.352 e. The van der Waals surface area contributed by atoms with E-state index in [1.807, 2.05) is 6.07 Å². The van der Waals surface area contributed by atoms with Gasteiger partial charge in [0, 0.05) is 23.2 Å². The zero-order valence-corrected chi connectivity index (χ0v) is 12.0. The minimum Gasteiger partial charge on any atom is -0.352 e. The van der Waals surface area contributed by atoms with E-state index in [1.165, 1.54) is 12.1 Å². The van der Waals surface area contributed by atoms with Crippen LogP contribution in [0.3, 0.4) is 0 Å². The van der Waals surface area contributed by atoms with Crippen molar-refractivity contribution in [3.05, 3.63) is 70.3 Å². The molecule has 2 aromatic rings. The average Bonchev–Trinajstić information content (AvgIpc) is 2.52. The molecule has 0 radical (unpaired) electrons. The topological polar surface area (TPSA) is 29.1 Å². The molecular weight excluding hydrogens is 303 g/mol. The molecule has 116 valence electrons. The lowest BCUT2D eigenvalue weighted by atomic mass is 9.98. The summed E-state index contributed by atoms with van der Waals surface area (Å²) in [5.74, 6) is 5.49. The molecule has 23 heavy (non-hydrogen) atoms. The number of benzene rings is 2. The van der Waals surface area contributed by atoms with E-state index in [-0.39, 0.29) is 5.91 Å². The Bertz CT molecular complexity index is 828. The van der Waals surface area contributed by atoms with E-state index in [1.54, 1.807) is 12.1 Å². The van der Waals surface area contributed by atoms with Gasteiger partial charge < -0.3 is 5.32 Å². The molecule has 1 heterocycles. The summed E-state index contributed by atoms with van der Waals surface area (Å²) < 4.78 is 38.0. The van der Waals surface area contributed by atoms with Crippen molar-refractivity contribution in [1.82, 2.24) is 5.32 Å². The Morgan fingerprint density at radius 3 is 2.48 bits per heavy atom. The Hall–Kier alpha value is -2.74. The van der Waals surface area contributed by atoms with Gasteiger partial charge in [-0.05, 0) is 48.4 Å². The number of amides is 1. The van der Waals surface area contributed by atoms with E-state index < -0.39 is 11.7 Å². The van der Waals surface area contributed by atoms with Gasteiger partial charge in [-0.25, -0.2) is 0 Å². The van der Waals surface area contributed by atoms with Crippen LogP contribution < -0.4 is 5.32 Å². The summed E-state index contributed by atoms with van der Waals surface area (Å²) in [5, 5.41) is 2.75. The zero-order chi connectivity index (χ0) is 16.4. The largest absolute Gasteiger partial charge is 0.416 e. The number of hydrogen-bond donors (Lipinski definition) is 1. The number of nitrogens with one attached hydrogen (secondary N) is 1. The van der Waals surface area contributed by atoms with Crippen molar-refractivity contribution < 1.29 is 18.0 Å². The average molecular weight is 315 g/mol. The number of carbonyl (C=O) groups is 1. The minimum absolute atomic E-state index is 0.108.